The van der Waals surface area contributed by atoms with Gasteiger partial charge >= 0.3 is 0 Å². The molecule has 1 amide bonds. The minimum absolute atomic E-state index is 0.00292. The molecule has 0 aliphatic rings. The summed E-state index contributed by atoms with van der Waals surface area (Å²) in [5, 5.41) is 7.07. The first-order valence-corrected chi connectivity index (χ1v) is 10.7. The lowest BCUT2D eigenvalue weighted by Crippen LogP contribution is -2.24. The number of para-hydroxylation sites is 1. The third-order valence-corrected chi connectivity index (χ3v) is 6.59. The molecule has 1 N–H and O–H groups in total. The van der Waals surface area contributed by atoms with Gasteiger partial charge in [-0.15, -0.1) is 11.3 Å². The standard InChI is InChI=1S/C19H15N3OS3/c23-18(12-25-19-22-15-3-1-2-4-17(15)26-19)21-10-13-5-7-20-16(9-13)14-6-8-24-11-14/h1-9,11H,10,12H2,(H,21,23). The SMILES string of the molecule is O=C(CSc1nc2ccccc2s1)NCc1ccnc(-c2ccsc2)c1. The van der Waals surface area contributed by atoms with Crippen molar-refractivity contribution in [2.75, 3.05) is 5.75 Å². The minimum Gasteiger partial charge on any atom is -0.351 e. The summed E-state index contributed by atoms with van der Waals surface area (Å²) >= 11 is 4.74. The fourth-order valence-electron chi connectivity index (χ4n) is 2.44. The topological polar surface area (TPSA) is 54.9 Å². The van der Waals surface area contributed by atoms with Crippen LogP contribution in [0.3, 0.4) is 0 Å². The lowest BCUT2D eigenvalue weighted by atomic mass is 10.1. The molecule has 0 aliphatic carbocycles. The van der Waals surface area contributed by atoms with E-state index in [1.807, 2.05) is 47.8 Å². The van der Waals surface area contributed by atoms with Crippen LogP contribution in [0.5, 0.6) is 0 Å². The summed E-state index contributed by atoms with van der Waals surface area (Å²) in [6.07, 6.45) is 1.78. The minimum atomic E-state index is 0.00292. The molecular formula is C19H15N3OS3. The van der Waals surface area contributed by atoms with Gasteiger partial charge in [-0.25, -0.2) is 4.98 Å². The molecule has 4 rings (SSSR count). The van der Waals surface area contributed by atoms with Crippen LogP contribution >= 0.6 is 34.4 Å². The van der Waals surface area contributed by atoms with Crippen LogP contribution in [0.2, 0.25) is 0 Å². The molecule has 130 valence electrons. The van der Waals surface area contributed by atoms with Crippen molar-refractivity contribution < 1.29 is 4.79 Å². The van der Waals surface area contributed by atoms with E-state index in [1.54, 1.807) is 28.9 Å². The first-order valence-electron chi connectivity index (χ1n) is 8.00. The molecule has 3 heterocycles. The summed E-state index contributed by atoms with van der Waals surface area (Å²) in [4.78, 5) is 21.1. The average molecular weight is 398 g/mol. The van der Waals surface area contributed by atoms with Crippen molar-refractivity contribution in [2.24, 2.45) is 0 Å². The second-order valence-corrected chi connectivity index (χ2v) is 8.61. The zero-order valence-electron chi connectivity index (χ0n) is 13.7. The lowest BCUT2D eigenvalue weighted by molar-refractivity contribution is -0.118. The number of nitrogens with one attached hydrogen (secondary N) is 1. The van der Waals surface area contributed by atoms with Crippen LogP contribution in [-0.4, -0.2) is 21.6 Å². The quantitative estimate of drug-likeness (QED) is 0.474. The zero-order chi connectivity index (χ0) is 17.8. The molecule has 0 bridgehead atoms. The molecule has 0 atom stereocenters. The summed E-state index contributed by atoms with van der Waals surface area (Å²) in [7, 11) is 0. The predicted molar refractivity (Wildman–Crippen MR) is 110 cm³/mol. The number of fused-ring (bicyclic) bond motifs is 1. The second-order valence-electron chi connectivity index (χ2n) is 5.57. The third-order valence-electron chi connectivity index (χ3n) is 3.73. The highest BCUT2D eigenvalue weighted by molar-refractivity contribution is 8.01. The van der Waals surface area contributed by atoms with E-state index >= 15 is 0 Å². The van der Waals surface area contributed by atoms with Gasteiger partial charge < -0.3 is 5.32 Å². The number of thiophene rings is 1. The molecule has 26 heavy (non-hydrogen) atoms. The monoisotopic (exact) mass is 397 g/mol. The predicted octanol–water partition coefficient (Wildman–Crippen LogP) is 4.83. The van der Waals surface area contributed by atoms with Crippen molar-refractivity contribution in [3.8, 4) is 11.3 Å². The van der Waals surface area contributed by atoms with Crippen LogP contribution in [0.1, 0.15) is 5.56 Å². The Labute approximate surface area is 163 Å². The number of thioether (sulfide) groups is 1. The number of amides is 1. The Hall–Kier alpha value is -2.22. The molecule has 3 aromatic heterocycles. The number of carbonyl (C=O) groups excluding carboxylic acids is 1. The fourth-order valence-corrected chi connectivity index (χ4v) is 4.99. The van der Waals surface area contributed by atoms with Crippen molar-refractivity contribution in [3.05, 3.63) is 65.0 Å². The Morgan fingerprint density at radius 1 is 1.19 bits per heavy atom. The Bertz CT molecular complexity index is 994. The van der Waals surface area contributed by atoms with E-state index in [0.29, 0.717) is 12.3 Å². The van der Waals surface area contributed by atoms with Gasteiger partial charge in [-0.2, -0.15) is 11.3 Å². The highest BCUT2D eigenvalue weighted by atomic mass is 32.2. The van der Waals surface area contributed by atoms with Gasteiger partial charge in [0.2, 0.25) is 5.91 Å². The summed E-state index contributed by atoms with van der Waals surface area (Å²) in [6, 6.07) is 14.0. The molecule has 0 aliphatic heterocycles. The first kappa shape index (κ1) is 17.2. The van der Waals surface area contributed by atoms with Gasteiger partial charge in [0, 0.05) is 23.7 Å². The Balaban J connectivity index is 1.32. The van der Waals surface area contributed by atoms with E-state index in [4.69, 9.17) is 0 Å². The summed E-state index contributed by atoms with van der Waals surface area (Å²) in [5.74, 6) is 0.366. The normalized spacial score (nSPS) is 10.9. The summed E-state index contributed by atoms with van der Waals surface area (Å²) < 4.78 is 2.07. The van der Waals surface area contributed by atoms with E-state index in [0.717, 1.165) is 31.4 Å². The van der Waals surface area contributed by atoms with Gasteiger partial charge in [-0.1, -0.05) is 23.9 Å². The van der Waals surface area contributed by atoms with E-state index in [1.165, 1.54) is 11.8 Å². The van der Waals surface area contributed by atoms with Crippen molar-refractivity contribution in [2.45, 2.75) is 10.9 Å². The fraction of sp³-hybridized carbons (Fsp3) is 0.105. The molecule has 0 saturated carbocycles. The highest BCUT2D eigenvalue weighted by Crippen LogP contribution is 2.29. The average Bonchev–Trinajstić information content (AvgIpc) is 3.34. The Morgan fingerprint density at radius 2 is 2.12 bits per heavy atom. The third kappa shape index (κ3) is 4.12. The number of pyridine rings is 1. The molecule has 0 spiro atoms. The summed E-state index contributed by atoms with van der Waals surface area (Å²) in [5.41, 5.74) is 4.06. The summed E-state index contributed by atoms with van der Waals surface area (Å²) in [6.45, 7) is 0.499. The number of nitrogens with zero attached hydrogens (tertiary/aromatic N) is 2. The van der Waals surface area contributed by atoms with Crippen molar-refractivity contribution in [3.63, 3.8) is 0 Å². The molecule has 0 unspecified atom stereocenters. The largest absolute Gasteiger partial charge is 0.351 e. The van der Waals surface area contributed by atoms with Gasteiger partial charge in [-0.3, -0.25) is 9.78 Å². The van der Waals surface area contributed by atoms with Gasteiger partial charge in [-0.05, 0) is 41.3 Å². The maximum absolute atomic E-state index is 12.1. The van der Waals surface area contributed by atoms with Crippen molar-refractivity contribution in [1.82, 2.24) is 15.3 Å². The smallest absolute Gasteiger partial charge is 0.230 e. The molecule has 4 nitrogen and oxygen atoms in total. The molecule has 7 heteroatoms. The number of aromatic nitrogens is 2. The van der Waals surface area contributed by atoms with Crippen LogP contribution in [0.4, 0.5) is 0 Å². The first-order chi connectivity index (χ1) is 12.8. The molecule has 1 aromatic carbocycles. The number of rotatable bonds is 6. The molecule has 4 aromatic rings. The van der Waals surface area contributed by atoms with Gasteiger partial charge in [0.15, 0.2) is 4.34 Å². The van der Waals surface area contributed by atoms with Crippen LogP contribution in [-0.2, 0) is 11.3 Å². The van der Waals surface area contributed by atoms with E-state index < -0.39 is 0 Å². The van der Waals surface area contributed by atoms with E-state index in [2.05, 4.69) is 20.7 Å². The molecule has 0 saturated heterocycles. The highest BCUT2D eigenvalue weighted by Gasteiger charge is 2.08. The lowest BCUT2D eigenvalue weighted by Gasteiger charge is -2.06. The van der Waals surface area contributed by atoms with Crippen molar-refractivity contribution in [1.29, 1.82) is 0 Å². The maximum atomic E-state index is 12.1. The number of benzene rings is 1. The number of hydrogen-bond acceptors (Lipinski definition) is 6. The van der Waals surface area contributed by atoms with Crippen LogP contribution in [0.25, 0.3) is 21.5 Å². The number of hydrogen-bond donors (Lipinski definition) is 1. The van der Waals surface area contributed by atoms with Crippen LogP contribution in [0, 0.1) is 0 Å². The molecular weight excluding hydrogens is 382 g/mol. The number of thiazole rings is 1. The van der Waals surface area contributed by atoms with E-state index in [9.17, 15) is 4.79 Å². The Morgan fingerprint density at radius 3 is 2.96 bits per heavy atom. The van der Waals surface area contributed by atoms with Crippen LogP contribution < -0.4 is 5.32 Å². The van der Waals surface area contributed by atoms with Crippen LogP contribution in [0.15, 0.2) is 63.8 Å². The van der Waals surface area contributed by atoms with Gasteiger partial charge in [0.05, 0.1) is 21.7 Å². The van der Waals surface area contributed by atoms with E-state index in [-0.39, 0.29) is 5.91 Å². The molecule has 0 radical (unpaired) electrons. The zero-order valence-corrected chi connectivity index (χ0v) is 16.2. The number of carbonyl (C=O) groups is 1. The van der Waals surface area contributed by atoms with Gasteiger partial charge in [0.25, 0.3) is 0 Å². The van der Waals surface area contributed by atoms with Gasteiger partial charge in [0.1, 0.15) is 0 Å². The molecule has 0 fully saturated rings. The maximum Gasteiger partial charge on any atom is 0.230 e. The Kier molecular flexibility index (Phi) is 5.29. The second kappa shape index (κ2) is 7.99. The van der Waals surface area contributed by atoms with Crippen molar-refractivity contribution >= 4 is 50.6 Å².